The van der Waals surface area contributed by atoms with Crippen molar-refractivity contribution in [2.24, 2.45) is 0 Å². The third-order valence-corrected chi connectivity index (χ3v) is 4.23. The molecule has 2 fully saturated rings. The van der Waals surface area contributed by atoms with E-state index in [-0.39, 0.29) is 11.8 Å². The molecule has 1 aliphatic heterocycles. The highest BCUT2D eigenvalue weighted by Crippen LogP contribution is 2.39. The molecule has 2 aromatic rings. The van der Waals surface area contributed by atoms with Gasteiger partial charge < -0.3 is 14.2 Å². The lowest BCUT2D eigenvalue weighted by Gasteiger charge is -2.37. The molecule has 1 aromatic carbocycles. The summed E-state index contributed by atoms with van der Waals surface area (Å²) in [4.78, 5) is 18.6. The Morgan fingerprint density at radius 1 is 1.32 bits per heavy atom. The van der Waals surface area contributed by atoms with Gasteiger partial charge in [0.1, 0.15) is 5.75 Å². The number of ether oxygens (including phenoxy) is 1. The number of benzene rings is 1. The first kappa shape index (κ1) is 13.3. The van der Waals surface area contributed by atoms with Crippen LogP contribution < -0.4 is 4.74 Å². The maximum Gasteiger partial charge on any atom is 0.254 e. The second kappa shape index (κ2) is 5.12. The van der Waals surface area contributed by atoms with Gasteiger partial charge in [-0.3, -0.25) is 4.79 Å². The van der Waals surface area contributed by atoms with Crippen LogP contribution in [0.4, 0.5) is 0 Å². The second-order valence-electron chi connectivity index (χ2n) is 5.90. The fourth-order valence-electron chi connectivity index (χ4n) is 2.66. The highest BCUT2D eigenvalue weighted by Gasteiger charge is 2.37. The molecule has 0 bridgehead atoms. The summed E-state index contributed by atoms with van der Waals surface area (Å²) in [5, 5.41) is 4.03. The molecule has 22 heavy (non-hydrogen) atoms. The lowest BCUT2D eigenvalue weighted by atomic mass is 9.98. The van der Waals surface area contributed by atoms with Gasteiger partial charge in [-0.2, -0.15) is 4.98 Å². The van der Waals surface area contributed by atoms with Gasteiger partial charge >= 0.3 is 0 Å². The molecule has 2 heterocycles. The van der Waals surface area contributed by atoms with Crippen LogP contribution in [0.1, 0.15) is 46.8 Å². The maximum atomic E-state index is 12.4. The van der Waals surface area contributed by atoms with Gasteiger partial charge in [-0.25, -0.2) is 0 Å². The van der Waals surface area contributed by atoms with Crippen LogP contribution in [-0.2, 0) is 0 Å². The molecule has 1 saturated heterocycles. The summed E-state index contributed by atoms with van der Waals surface area (Å²) in [5.74, 6) is 2.84. The number of methoxy groups -OCH3 is 1. The van der Waals surface area contributed by atoms with Crippen molar-refractivity contribution < 1.29 is 14.1 Å². The molecule has 6 heteroatoms. The number of rotatable bonds is 4. The Labute approximate surface area is 128 Å². The minimum atomic E-state index is 0.0112. The molecular formula is C16H17N3O3. The van der Waals surface area contributed by atoms with Crippen LogP contribution in [0.3, 0.4) is 0 Å². The van der Waals surface area contributed by atoms with Crippen molar-refractivity contribution in [2.75, 3.05) is 20.2 Å². The minimum Gasteiger partial charge on any atom is -0.497 e. The number of likely N-dealkylation sites (tertiary alicyclic amines) is 1. The van der Waals surface area contributed by atoms with E-state index in [0.717, 1.165) is 18.7 Å². The average Bonchev–Trinajstić information content (AvgIpc) is 3.25. The van der Waals surface area contributed by atoms with Crippen LogP contribution in [0.5, 0.6) is 5.75 Å². The van der Waals surface area contributed by atoms with Gasteiger partial charge in [0.05, 0.1) is 13.0 Å². The number of carbonyl (C=O) groups is 1. The van der Waals surface area contributed by atoms with E-state index in [1.165, 1.54) is 0 Å². The SMILES string of the molecule is COc1cccc(C(=O)N2CC(c3nc(C4CC4)no3)C2)c1. The predicted octanol–water partition coefficient (Wildman–Crippen LogP) is 2.20. The van der Waals surface area contributed by atoms with Gasteiger partial charge in [0, 0.05) is 24.6 Å². The Kier molecular flexibility index (Phi) is 3.10. The van der Waals surface area contributed by atoms with Crippen molar-refractivity contribution in [1.29, 1.82) is 0 Å². The fraction of sp³-hybridized carbons (Fsp3) is 0.438. The van der Waals surface area contributed by atoms with E-state index < -0.39 is 0 Å². The highest BCUT2D eigenvalue weighted by atomic mass is 16.5. The molecule has 114 valence electrons. The van der Waals surface area contributed by atoms with E-state index in [0.29, 0.717) is 36.2 Å². The molecular weight excluding hydrogens is 282 g/mol. The lowest BCUT2D eigenvalue weighted by Crippen LogP contribution is -2.48. The third kappa shape index (κ3) is 2.34. The summed E-state index contributed by atoms with van der Waals surface area (Å²) in [7, 11) is 1.59. The van der Waals surface area contributed by atoms with E-state index >= 15 is 0 Å². The Hall–Kier alpha value is -2.37. The molecule has 0 radical (unpaired) electrons. The molecule has 1 aliphatic carbocycles. The molecule has 0 unspecified atom stereocenters. The molecule has 6 nitrogen and oxygen atoms in total. The summed E-state index contributed by atoms with van der Waals surface area (Å²) in [6.07, 6.45) is 2.31. The standard InChI is InChI=1S/C16H17N3O3/c1-21-13-4-2-3-11(7-13)16(20)19-8-12(9-19)15-17-14(18-22-15)10-5-6-10/h2-4,7,10,12H,5-6,8-9H2,1H3. The van der Waals surface area contributed by atoms with E-state index in [1.54, 1.807) is 24.1 Å². The van der Waals surface area contributed by atoms with Gasteiger partial charge in [0.25, 0.3) is 5.91 Å². The smallest absolute Gasteiger partial charge is 0.254 e. The second-order valence-corrected chi connectivity index (χ2v) is 5.90. The van der Waals surface area contributed by atoms with Crippen molar-refractivity contribution in [1.82, 2.24) is 15.0 Å². The summed E-state index contributed by atoms with van der Waals surface area (Å²) >= 11 is 0. The summed E-state index contributed by atoms with van der Waals surface area (Å²) in [5.41, 5.74) is 0.641. The van der Waals surface area contributed by atoms with Crippen LogP contribution in [0.15, 0.2) is 28.8 Å². The van der Waals surface area contributed by atoms with Gasteiger partial charge in [0.15, 0.2) is 5.82 Å². The van der Waals surface area contributed by atoms with Gasteiger partial charge in [-0.1, -0.05) is 11.2 Å². The fourth-order valence-corrected chi connectivity index (χ4v) is 2.66. The first-order chi connectivity index (χ1) is 10.7. The first-order valence-corrected chi connectivity index (χ1v) is 7.51. The Bertz CT molecular complexity index is 702. The number of hydrogen-bond acceptors (Lipinski definition) is 5. The first-order valence-electron chi connectivity index (χ1n) is 7.51. The largest absolute Gasteiger partial charge is 0.497 e. The molecule has 1 aromatic heterocycles. The predicted molar refractivity (Wildman–Crippen MR) is 77.9 cm³/mol. The summed E-state index contributed by atoms with van der Waals surface area (Å²) < 4.78 is 10.5. The van der Waals surface area contributed by atoms with Crippen molar-refractivity contribution in [2.45, 2.75) is 24.7 Å². The number of amides is 1. The molecule has 2 aliphatic rings. The summed E-state index contributed by atoms with van der Waals surface area (Å²) in [6, 6.07) is 7.21. The number of nitrogens with zero attached hydrogens (tertiary/aromatic N) is 3. The zero-order chi connectivity index (χ0) is 15.1. The number of carbonyl (C=O) groups excluding carboxylic acids is 1. The zero-order valence-electron chi connectivity index (χ0n) is 12.4. The van der Waals surface area contributed by atoms with Gasteiger partial charge in [-0.15, -0.1) is 0 Å². The monoisotopic (exact) mass is 299 g/mol. The lowest BCUT2D eigenvalue weighted by molar-refractivity contribution is 0.0569. The van der Waals surface area contributed by atoms with Crippen LogP contribution in [-0.4, -0.2) is 41.1 Å². The molecule has 0 atom stereocenters. The van der Waals surface area contributed by atoms with Crippen LogP contribution in [0, 0.1) is 0 Å². The van der Waals surface area contributed by atoms with Crippen molar-refractivity contribution >= 4 is 5.91 Å². The molecule has 1 saturated carbocycles. The number of hydrogen-bond donors (Lipinski definition) is 0. The van der Waals surface area contributed by atoms with E-state index in [1.807, 2.05) is 12.1 Å². The van der Waals surface area contributed by atoms with Crippen LogP contribution in [0.25, 0.3) is 0 Å². The molecule has 0 N–H and O–H groups in total. The van der Waals surface area contributed by atoms with Crippen LogP contribution in [0.2, 0.25) is 0 Å². The van der Waals surface area contributed by atoms with Crippen molar-refractivity contribution in [3.63, 3.8) is 0 Å². The van der Waals surface area contributed by atoms with Crippen molar-refractivity contribution in [3.05, 3.63) is 41.5 Å². The molecule has 0 spiro atoms. The minimum absolute atomic E-state index is 0.0112. The van der Waals surface area contributed by atoms with Crippen LogP contribution >= 0.6 is 0 Å². The quantitative estimate of drug-likeness (QED) is 0.865. The highest BCUT2D eigenvalue weighted by molar-refractivity contribution is 5.95. The van der Waals surface area contributed by atoms with E-state index in [9.17, 15) is 4.79 Å². The molecule has 4 rings (SSSR count). The molecule has 1 amide bonds. The Balaban J connectivity index is 1.40. The third-order valence-electron chi connectivity index (χ3n) is 4.23. The van der Waals surface area contributed by atoms with Crippen molar-refractivity contribution in [3.8, 4) is 5.75 Å². The average molecular weight is 299 g/mol. The normalized spacial score (nSPS) is 18.1. The summed E-state index contributed by atoms with van der Waals surface area (Å²) in [6.45, 7) is 1.25. The number of aromatic nitrogens is 2. The van der Waals surface area contributed by atoms with E-state index in [2.05, 4.69) is 10.1 Å². The zero-order valence-corrected chi connectivity index (χ0v) is 12.4. The van der Waals surface area contributed by atoms with Gasteiger partial charge in [0.2, 0.25) is 5.89 Å². The maximum absolute atomic E-state index is 12.4. The Morgan fingerprint density at radius 2 is 2.14 bits per heavy atom. The Morgan fingerprint density at radius 3 is 2.86 bits per heavy atom. The van der Waals surface area contributed by atoms with Gasteiger partial charge in [-0.05, 0) is 31.0 Å². The topological polar surface area (TPSA) is 68.5 Å². The van der Waals surface area contributed by atoms with E-state index in [4.69, 9.17) is 9.26 Å².